The van der Waals surface area contributed by atoms with Crippen LogP contribution in [0.1, 0.15) is 17.5 Å². The van der Waals surface area contributed by atoms with E-state index in [0.717, 1.165) is 12.5 Å². The minimum absolute atomic E-state index is 0.719. The van der Waals surface area contributed by atoms with Gasteiger partial charge in [0.2, 0.25) is 0 Å². The Morgan fingerprint density at radius 3 is 3.00 bits per heavy atom. The molecule has 1 atom stereocenters. The van der Waals surface area contributed by atoms with Crippen LogP contribution in [0.25, 0.3) is 0 Å². The van der Waals surface area contributed by atoms with Gasteiger partial charge in [-0.05, 0) is 43.0 Å². The summed E-state index contributed by atoms with van der Waals surface area (Å²) in [5.74, 6) is 0.822. The van der Waals surface area contributed by atoms with Gasteiger partial charge in [-0.1, -0.05) is 24.3 Å². The number of hydrogen-bond donors (Lipinski definition) is 1. The van der Waals surface area contributed by atoms with Gasteiger partial charge in [-0.25, -0.2) is 0 Å². The summed E-state index contributed by atoms with van der Waals surface area (Å²) in [6.07, 6.45) is 2.51. The van der Waals surface area contributed by atoms with Crippen LogP contribution in [0, 0.1) is 5.92 Å². The molecule has 1 aromatic rings. The van der Waals surface area contributed by atoms with Gasteiger partial charge in [0.05, 0.1) is 6.61 Å². The highest BCUT2D eigenvalue weighted by Gasteiger charge is 2.14. The van der Waals surface area contributed by atoms with E-state index in [1.165, 1.54) is 37.1 Å². The van der Waals surface area contributed by atoms with E-state index in [4.69, 9.17) is 4.74 Å². The van der Waals surface area contributed by atoms with Crippen molar-refractivity contribution in [3.63, 3.8) is 0 Å². The third-order valence-corrected chi connectivity index (χ3v) is 2.99. The molecule has 1 heterocycles. The predicted octanol–water partition coefficient (Wildman–Crippen LogP) is 1.98. The second kappa shape index (κ2) is 5.29. The summed E-state index contributed by atoms with van der Waals surface area (Å²) in [6, 6.07) is 8.74. The highest BCUT2D eigenvalue weighted by atomic mass is 16.5. The quantitative estimate of drug-likeness (QED) is 0.811. The van der Waals surface area contributed by atoms with E-state index < -0.39 is 0 Å². The molecule has 0 radical (unpaired) electrons. The lowest BCUT2D eigenvalue weighted by Gasteiger charge is -2.09. The van der Waals surface area contributed by atoms with Gasteiger partial charge >= 0.3 is 0 Å². The number of benzene rings is 1. The number of nitrogens with one attached hydrogen (secondary N) is 1. The fraction of sp³-hybridized carbons (Fsp3) is 0.538. The molecule has 1 aliphatic rings. The van der Waals surface area contributed by atoms with E-state index in [1.54, 1.807) is 7.11 Å². The van der Waals surface area contributed by atoms with Crippen LogP contribution in [0.3, 0.4) is 0 Å². The molecule has 2 rings (SSSR count). The highest BCUT2D eigenvalue weighted by molar-refractivity contribution is 5.23. The topological polar surface area (TPSA) is 21.3 Å². The van der Waals surface area contributed by atoms with Crippen LogP contribution in [0.5, 0.6) is 0 Å². The van der Waals surface area contributed by atoms with E-state index in [0.29, 0.717) is 0 Å². The molecule has 2 nitrogen and oxygen atoms in total. The molecule has 1 saturated heterocycles. The smallest absolute Gasteiger partial charge is 0.0713 e. The third-order valence-electron chi connectivity index (χ3n) is 2.99. The lowest BCUT2D eigenvalue weighted by atomic mass is 9.97. The van der Waals surface area contributed by atoms with Crippen molar-refractivity contribution < 1.29 is 4.74 Å². The molecule has 1 unspecified atom stereocenters. The van der Waals surface area contributed by atoms with Crippen molar-refractivity contribution >= 4 is 0 Å². The SMILES string of the molecule is COCc1cccc(CC2CCNC2)c1. The molecule has 0 aliphatic carbocycles. The number of rotatable bonds is 4. The van der Waals surface area contributed by atoms with Gasteiger partial charge in [-0.3, -0.25) is 0 Å². The molecule has 15 heavy (non-hydrogen) atoms. The number of methoxy groups -OCH3 is 1. The Kier molecular flexibility index (Phi) is 3.75. The van der Waals surface area contributed by atoms with Gasteiger partial charge in [-0.2, -0.15) is 0 Å². The maximum absolute atomic E-state index is 5.14. The van der Waals surface area contributed by atoms with Crippen molar-refractivity contribution in [2.75, 3.05) is 20.2 Å². The van der Waals surface area contributed by atoms with Crippen molar-refractivity contribution in [1.82, 2.24) is 5.32 Å². The van der Waals surface area contributed by atoms with Crippen LogP contribution in [0.4, 0.5) is 0 Å². The van der Waals surface area contributed by atoms with Gasteiger partial charge in [0.1, 0.15) is 0 Å². The van der Waals surface area contributed by atoms with E-state index in [9.17, 15) is 0 Å². The Morgan fingerprint density at radius 1 is 1.40 bits per heavy atom. The van der Waals surface area contributed by atoms with E-state index in [1.807, 2.05) is 0 Å². The maximum Gasteiger partial charge on any atom is 0.0713 e. The molecule has 2 heteroatoms. The van der Waals surface area contributed by atoms with E-state index in [2.05, 4.69) is 29.6 Å². The maximum atomic E-state index is 5.14. The van der Waals surface area contributed by atoms with Crippen molar-refractivity contribution in [2.45, 2.75) is 19.4 Å². The first kappa shape index (κ1) is 10.7. The molecule has 1 aliphatic heterocycles. The van der Waals surface area contributed by atoms with Gasteiger partial charge in [0.25, 0.3) is 0 Å². The summed E-state index contributed by atoms with van der Waals surface area (Å²) >= 11 is 0. The first-order valence-corrected chi connectivity index (χ1v) is 5.66. The molecule has 1 aromatic carbocycles. The molecule has 0 spiro atoms. The van der Waals surface area contributed by atoms with Crippen LogP contribution in [0.2, 0.25) is 0 Å². The second-order valence-corrected chi connectivity index (χ2v) is 4.32. The van der Waals surface area contributed by atoms with Crippen LogP contribution < -0.4 is 5.32 Å². The van der Waals surface area contributed by atoms with Crippen LogP contribution in [0.15, 0.2) is 24.3 Å². The molecule has 0 amide bonds. The fourth-order valence-corrected chi connectivity index (χ4v) is 2.24. The van der Waals surface area contributed by atoms with Crippen LogP contribution in [-0.2, 0) is 17.8 Å². The molecule has 0 saturated carbocycles. The van der Waals surface area contributed by atoms with Gasteiger partial charge in [0.15, 0.2) is 0 Å². The summed E-state index contributed by atoms with van der Waals surface area (Å²) in [5, 5.41) is 3.41. The zero-order chi connectivity index (χ0) is 10.5. The first-order chi connectivity index (χ1) is 7.38. The Hall–Kier alpha value is -0.860. The van der Waals surface area contributed by atoms with Gasteiger partial charge in [0, 0.05) is 7.11 Å². The lowest BCUT2D eigenvalue weighted by Crippen LogP contribution is -2.10. The molecule has 1 fully saturated rings. The minimum Gasteiger partial charge on any atom is -0.380 e. The van der Waals surface area contributed by atoms with Crippen molar-refractivity contribution in [1.29, 1.82) is 0 Å². The largest absolute Gasteiger partial charge is 0.380 e. The zero-order valence-corrected chi connectivity index (χ0v) is 9.33. The van der Waals surface area contributed by atoms with Crippen LogP contribution >= 0.6 is 0 Å². The predicted molar refractivity (Wildman–Crippen MR) is 61.8 cm³/mol. The van der Waals surface area contributed by atoms with Crippen molar-refractivity contribution in [2.24, 2.45) is 5.92 Å². The summed E-state index contributed by atoms with van der Waals surface area (Å²) in [7, 11) is 1.74. The Bertz CT molecular complexity index is 305. The summed E-state index contributed by atoms with van der Waals surface area (Å²) in [6.45, 7) is 3.08. The van der Waals surface area contributed by atoms with E-state index >= 15 is 0 Å². The third kappa shape index (κ3) is 3.05. The molecule has 0 aromatic heterocycles. The second-order valence-electron chi connectivity index (χ2n) is 4.32. The highest BCUT2D eigenvalue weighted by Crippen LogP contribution is 2.16. The lowest BCUT2D eigenvalue weighted by molar-refractivity contribution is 0.185. The average Bonchev–Trinajstić information content (AvgIpc) is 2.71. The normalized spacial score (nSPS) is 20.7. The van der Waals surface area contributed by atoms with Gasteiger partial charge < -0.3 is 10.1 Å². The minimum atomic E-state index is 0.719. The monoisotopic (exact) mass is 205 g/mol. The average molecular weight is 205 g/mol. The molecule has 1 N–H and O–H groups in total. The summed E-state index contributed by atoms with van der Waals surface area (Å²) in [4.78, 5) is 0. The summed E-state index contributed by atoms with van der Waals surface area (Å²) in [5.41, 5.74) is 2.72. The van der Waals surface area contributed by atoms with Crippen molar-refractivity contribution in [3.05, 3.63) is 35.4 Å². The van der Waals surface area contributed by atoms with Crippen molar-refractivity contribution in [3.8, 4) is 0 Å². The van der Waals surface area contributed by atoms with Gasteiger partial charge in [-0.15, -0.1) is 0 Å². The zero-order valence-electron chi connectivity index (χ0n) is 9.33. The van der Waals surface area contributed by atoms with E-state index in [-0.39, 0.29) is 0 Å². The Morgan fingerprint density at radius 2 is 2.27 bits per heavy atom. The number of hydrogen-bond acceptors (Lipinski definition) is 2. The fourth-order valence-electron chi connectivity index (χ4n) is 2.24. The van der Waals surface area contributed by atoms with Crippen LogP contribution in [-0.4, -0.2) is 20.2 Å². The Labute approximate surface area is 91.6 Å². The molecule has 82 valence electrons. The molecular formula is C13H19NO. The first-order valence-electron chi connectivity index (χ1n) is 5.66. The summed E-state index contributed by atoms with van der Waals surface area (Å²) < 4.78 is 5.14. The molecular weight excluding hydrogens is 186 g/mol. The molecule has 0 bridgehead atoms. The Balaban J connectivity index is 1.97. The standard InChI is InChI=1S/C13H19NO/c1-15-10-13-4-2-3-11(8-13)7-12-5-6-14-9-12/h2-4,8,12,14H,5-7,9-10H2,1H3. The number of ether oxygens (including phenoxy) is 1.